The fourth-order valence-electron chi connectivity index (χ4n) is 5.34. The van der Waals surface area contributed by atoms with Crippen molar-refractivity contribution in [2.75, 3.05) is 36.5 Å². The van der Waals surface area contributed by atoms with E-state index in [0.717, 1.165) is 11.1 Å². The Morgan fingerprint density at radius 2 is 1.56 bits per heavy atom. The highest BCUT2D eigenvalue weighted by Crippen LogP contribution is 2.41. The lowest BCUT2D eigenvalue weighted by atomic mass is 9.81. The van der Waals surface area contributed by atoms with Crippen LogP contribution in [-0.4, -0.2) is 54.0 Å². The normalized spacial score (nSPS) is 18.1. The van der Waals surface area contributed by atoms with Crippen LogP contribution < -0.4 is 9.80 Å². The molecule has 2 unspecified atom stereocenters. The second kappa shape index (κ2) is 11.8. The van der Waals surface area contributed by atoms with Crippen LogP contribution in [0.4, 0.5) is 37.8 Å². The minimum atomic E-state index is -5.06. The van der Waals surface area contributed by atoms with Crippen LogP contribution in [0.1, 0.15) is 42.5 Å². The van der Waals surface area contributed by atoms with E-state index in [-0.39, 0.29) is 18.6 Å². The number of aryl methyl sites for hydroxylation is 1. The molecule has 0 aliphatic carbocycles. The van der Waals surface area contributed by atoms with Gasteiger partial charge in [-0.2, -0.15) is 26.3 Å². The highest BCUT2D eigenvalue weighted by molar-refractivity contribution is 6.03. The molecule has 43 heavy (non-hydrogen) atoms. The Labute approximate surface area is 245 Å². The first kappa shape index (κ1) is 32.3. The predicted octanol–water partition coefficient (Wildman–Crippen LogP) is 6.21. The molecular formula is C31H33F6N3O3. The molecule has 2 aromatic carbocycles. The standard InChI is InChI=1S/C31H33F6N3O3/c1-18-7-5-6-8-23(18)24-14-27(40-10-9-26(42)19(16-40)17-41)38-15-25(24)39(4)28(43)29(2,3)20-11-21(30(32,33)34)13-22(12-20)31(35,36)37/h5-8,11-15,19,26,41-42H,9-10,16-17H2,1-4H3. The van der Waals surface area contributed by atoms with Gasteiger partial charge in [0.25, 0.3) is 0 Å². The molecule has 0 bridgehead atoms. The molecule has 1 amide bonds. The molecule has 2 heterocycles. The Morgan fingerprint density at radius 1 is 0.977 bits per heavy atom. The van der Waals surface area contributed by atoms with E-state index in [2.05, 4.69) is 4.98 Å². The average molecular weight is 610 g/mol. The number of hydrogen-bond donors (Lipinski definition) is 2. The number of aromatic nitrogens is 1. The number of carbonyl (C=O) groups is 1. The van der Waals surface area contributed by atoms with Gasteiger partial charge in [-0.15, -0.1) is 0 Å². The van der Waals surface area contributed by atoms with Gasteiger partial charge in [0.1, 0.15) is 5.82 Å². The van der Waals surface area contributed by atoms with Gasteiger partial charge >= 0.3 is 12.4 Å². The summed E-state index contributed by atoms with van der Waals surface area (Å²) in [5.74, 6) is -0.595. The maximum Gasteiger partial charge on any atom is 0.416 e. The number of benzene rings is 2. The summed E-state index contributed by atoms with van der Waals surface area (Å²) < 4.78 is 81.5. The zero-order valence-corrected chi connectivity index (χ0v) is 24.1. The summed E-state index contributed by atoms with van der Waals surface area (Å²) in [6.07, 6.45) is -8.91. The number of likely N-dealkylation sites (N-methyl/N-ethyl adjacent to an activating group) is 1. The molecule has 3 aromatic rings. The number of carbonyl (C=O) groups excluding carboxylic acids is 1. The predicted molar refractivity (Wildman–Crippen MR) is 151 cm³/mol. The van der Waals surface area contributed by atoms with E-state index >= 15 is 0 Å². The number of alkyl halides is 6. The Morgan fingerprint density at radius 3 is 2.12 bits per heavy atom. The summed E-state index contributed by atoms with van der Waals surface area (Å²) in [7, 11) is 1.40. The smallest absolute Gasteiger partial charge is 0.396 e. The molecule has 0 spiro atoms. The molecule has 0 radical (unpaired) electrons. The van der Waals surface area contributed by atoms with E-state index in [9.17, 15) is 41.4 Å². The van der Waals surface area contributed by atoms with Crippen molar-refractivity contribution in [3.8, 4) is 11.1 Å². The van der Waals surface area contributed by atoms with Gasteiger partial charge < -0.3 is 20.0 Å². The largest absolute Gasteiger partial charge is 0.416 e. The lowest BCUT2D eigenvalue weighted by molar-refractivity contribution is -0.143. The Kier molecular flexibility index (Phi) is 8.86. The second-order valence-corrected chi connectivity index (χ2v) is 11.4. The van der Waals surface area contributed by atoms with Gasteiger partial charge in [-0.05, 0) is 68.1 Å². The van der Waals surface area contributed by atoms with Crippen LogP contribution >= 0.6 is 0 Å². The zero-order chi connectivity index (χ0) is 31.9. The minimum Gasteiger partial charge on any atom is -0.396 e. The van der Waals surface area contributed by atoms with Crippen LogP contribution in [0, 0.1) is 12.8 Å². The van der Waals surface area contributed by atoms with Crippen molar-refractivity contribution in [1.29, 1.82) is 0 Å². The lowest BCUT2D eigenvalue weighted by Gasteiger charge is -2.37. The quantitative estimate of drug-likeness (QED) is 0.325. The number of aliphatic hydroxyl groups is 2. The van der Waals surface area contributed by atoms with Crippen molar-refractivity contribution in [3.05, 3.63) is 77.0 Å². The zero-order valence-electron chi connectivity index (χ0n) is 24.1. The summed E-state index contributed by atoms with van der Waals surface area (Å²) in [5, 5.41) is 19.9. The van der Waals surface area contributed by atoms with Gasteiger partial charge in [0.2, 0.25) is 5.91 Å². The third kappa shape index (κ3) is 6.65. The average Bonchev–Trinajstić information content (AvgIpc) is 2.95. The number of piperidine rings is 1. The van der Waals surface area contributed by atoms with E-state index in [4.69, 9.17) is 0 Å². The van der Waals surface area contributed by atoms with Gasteiger partial charge in [-0.25, -0.2) is 4.98 Å². The van der Waals surface area contributed by atoms with E-state index in [0.29, 0.717) is 48.7 Å². The lowest BCUT2D eigenvalue weighted by Crippen LogP contribution is -2.45. The highest BCUT2D eigenvalue weighted by atomic mass is 19.4. The first-order valence-electron chi connectivity index (χ1n) is 13.6. The molecule has 1 fully saturated rings. The Balaban J connectivity index is 1.80. The number of amides is 1. The van der Waals surface area contributed by atoms with Gasteiger partial charge in [-0.1, -0.05) is 24.3 Å². The number of aliphatic hydroxyl groups excluding tert-OH is 2. The molecular weight excluding hydrogens is 576 g/mol. The van der Waals surface area contributed by atoms with E-state index in [1.807, 2.05) is 30.0 Å². The maximum absolute atomic E-state index is 13.9. The third-order valence-electron chi connectivity index (χ3n) is 8.07. The molecule has 6 nitrogen and oxygen atoms in total. The van der Waals surface area contributed by atoms with Crippen molar-refractivity contribution in [1.82, 2.24) is 4.98 Å². The molecule has 1 aromatic heterocycles. The van der Waals surface area contributed by atoms with Crippen molar-refractivity contribution in [3.63, 3.8) is 0 Å². The first-order chi connectivity index (χ1) is 19.9. The SMILES string of the molecule is Cc1ccccc1-c1cc(N2CCC(O)C(CO)C2)ncc1N(C)C(=O)C(C)(C)c1cc(C(F)(F)F)cc(C(F)(F)F)c1. The number of hydrogen-bond acceptors (Lipinski definition) is 5. The fourth-order valence-corrected chi connectivity index (χ4v) is 5.34. The Bertz CT molecular complexity index is 1460. The fraction of sp³-hybridized carbons (Fsp3) is 0.419. The van der Waals surface area contributed by atoms with Gasteiger partial charge in [0.15, 0.2) is 0 Å². The van der Waals surface area contributed by atoms with Crippen LogP contribution in [0.15, 0.2) is 54.7 Å². The molecule has 1 aliphatic rings. The first-order valence-corrected chi connectivity index (χ1v) is 13.6. The van der Waals surface area contributed by atoms with Gasteiger partial charge in [0, 0.05) is 31.6 Å². The molecule has 12 heteroatoms. The number of nitrogens with zero attached hydrogens (tertiary/aromatic N) is 3. The molecule has 232 valence electrons. The number of anilines is 2. The molecule has 2 atom stereocenters. The van der Waals surface area contributed by atoms with Crippen LogP contribution in [0.2, 0.25) is 0 Å². The van der Waals surface area contributed by atoms with Crippen molar-refractivity contribution >= 4 is 17.4 Å². The minimum absolute atomic E-state index is 0.0354. The number of pyridine rings is 1. The van der Waals surface area contributed by atoms with Crippen LogP contribution in [0.25, 0.3) is 11.1 Å². The number of halogens is 6. The van der Waals surface area contributed by atoms with Gasteiger partial charge in [-0.3, -0.25) is 4.79 Å². The summed E-state index contributed by atoms with van der Waals surface area (Å²) in [4.78, 5) is 21.6. The maximum atomic E-state index is 13.9. The molecule has 1 saturated heterocycles. The van der Waals surface area contributed by atoms with Crippen LogP contribution in [0.5, 0.6) is 0 Å². The van der Waals surface area contributed by atoms with E-state index < -0.39 is 46.5 Å². The van der Waals surface area contributed by atoms with E-state index in [1.165, 1.54) is 32.0 Å². The molecule has 2 N–H and O–H groups in total. The van der Waals surface area contributed by atoms with E-state index in [1.54, 1.807) is 12.1 Å². The van der Waals surface area contributed by atoms with Crippen LogP contribution in [0.3, 0.4) is 0 Å². The summed E-state index contributed by atoms with van der Waals surface area (Å²) >= 11 is 0. The monoisotopic (exact) mass is 609 g/mol. The number of rotatable bonds is 6. The molecule has 4 rings (SSSR count). The topological polar surface area (TPSA) is 76.9 Å². The molecule has 0 saturated carbocycles. The van der Waals surface area contributed by atoms with Crippen molar-refractivity contribution in [2.24, 2.45) is 5.92 Å². The highest BCUT2D eigenvalue weighted by Gasteiger charge is 2.41. The second-order valence-electron chi connectivity index (χ2n) is 11.4. The third-order valence-corrected chi connectivity index (χ3v) is 8.07. The van der Waals surface area contributed by atoms with Crippen molar-refractivity contribution in [2.45, 2.75) is 51.1 Å². The summed E-state index contributed by atoms with van der Waals surface area (Å²) in [5.41, 5.74) is -2.76. The summed E-state index contributed by atoms with van der Waals surface area (Å²) in [6, 6.07) is 10.3. The molecule has 1 aliphatic heterocycles. The van der Waals surface area contributed by atoms with Crippen molar-refractivity contribution < 1.29 is 41.4 Å². The van der Waals surface area contributed by atoms with Gasteiger partial charge in [0.05, 0.1) is 41.1 Å². The summed E-state index contributed by atoms with van der Waals surface area (Å²) in [6.45, 7) is 5.03. The Hall–Kier alpha value is -3.64. The van der Waals surface area contributed by atoms with Crippen LogP contribution in [-0.2, 0) is 22.6 Å².